The van der Waals surface area contributed by atoms with Crippen LogP contribution in [0.1, 0.15) is 12.0 Å². The van der Waals surface area contributed by atoms with Crippen molar-refractivity contribution >= 4 is 21.6 Å². The van der Waals surface area contributed by atoms with Crippen LogP contribution >= 0.6 is 0 Å². The molecule has 2 aromatic rings. The Morgan fingerprint density at radius 3 is 2.45 bits per heavy atom. The highest BCUT2D eigenvalue weighted by Gasteiger charge is 2.19. The number of aryl methyl sites for hydroxylation is 1. The second kappa shape index (κ2) is 10.1. The lowest BCUT2D eigenvalue weighted by atomic mass is 10.1. The van der Waals surface area contributed by atoms with Gasteiger partial charge in [-0.3, -0.25) is 4.79 Å². The van der Waals surface area contributed by atoms with E-state index in [1.807, 2.05) is 0 Å². The number of benzene rings is 2. The van der Waals surface area contributed by atoms with Crippen molar-refractivity contribution in [2.75, 3.05) is 33.1 Å². The van der Waals surface area contributed by atoms with Crippen molar-refractivity contribution in [3.8, 4) is 11.5 Å². The van der Waals surface area contributed by atoms with Crippen molar-refractivity contribution < 1.29 is 22.7 Å². The van der Waals surface area contributed by atoms with Gasteiger partial charge in [-0.25, -0.2) is 12.7 Å². The van der Waals surface area contributed by atoms with E-state index in [-0.39, 0.29) is 17.2 Å². The van der Waals surface area contributed by atoms with Gasteiger partial charge in [-0.15, -0.1) is 0 Å². The Hall–Kier alpha value is -2.84. The predicted molar refractivity (Wildman–Crippen MR) is 113 cm³/mol. The third-order valence-corrected chi connectivity index (χ3v) is 5.97. The first-order valence-electron chi connectivity index (χ1n) is 9.01. The Kier molecular flexibility index (Phi) is 7.81. The molecule has 1 amide bonds. The molecular formula is C21H26N2O5S. The molecule has 0 radical (unpaired) electrons. The van der Waals surface area contributed by atoms with Gasteiger partial charge in [0.05, 0.1) is 12.0 Å². The highest BCUT2D eigenvalue weighted by molar-refractivity contribution is 7.89. The fourth-order valence-electron chi connectivity index (χ4n) is 2.58. The van der Waals surface area contributed by atoms with Gasteiger partial charge in [-0.05, 0) is 54.4 Å². The summed E-state index contributed by atoms with van der Waals surface area (Å²) < 4.78 is 36.6. The molecule has 7 nitrogen and oxygen atoms in total. The number of hydrogen-bond acceptors (Lipinski definition) is 5. The molecule has 0 aliphatic carbocycles. The van der Waals surface area contributed by atoms with Crippen molar-refractivity contribution in [1.29, 1.82) is 0 Å². The molecule has 1 N–H and O–H groups in total. The molecule has 0 spiro atoms. The quantitative estimate of drug-likeness (QED) is 0.600. The van der Waals surface area contributed by atoms with Gasteiger partial charge in [0.25, 0.3) is 0 Å². The lowest BCUT2D eigenvalue weighted by Crippen LogP contribution is -2.22. The summed E-state index contributed by atoms with van der Waals surface area (Å²) in [6.07, 6.45) is 2.17. The van der Waals surface area contributed by atoms with Crippen LogP contribution in [0, 0.1) is 0 Å². The minimum atomic E-state index is -3.56. The zero-order valence-electron chi connectivity index (χ0n) is 16.8. The maximum atomic E-state index is 12.3. The molecule has 29 heavy (non-hydrogen) atoms. The molecule has 0 saturated heterocycles. The van der Waals surface area contributed by atoms with E-state index in [9.17, 15) is 13.2 Å². The van der Waals surface area contributed by atoms with Crippen molar-refractivity contribution in [1.82, 2.24) is 4.31 Å². The minimum Gasteiger partial charge on any atom is -0.496 e. The number of methoxy groups -OCH3 is 1. The first-order chi connectivity index (χ1) is 13.8. The van der Waals surface area contributed by atoms with Gasteiger partial charge >= 0.3 is 0 Å². The summed E-state index contributed by atoms with van der Waals surface area (Å²) in [7, 11) is 0.891. The highest BCUT2D eigenvalue weighted by atomic mass is 32.2. The van der Waals surface area contributed by atoms with Gasteiger partial charge < -0.3 is 14.8 Å². The van der Waals surface area contributed by atoms with Crippen molar-refractivity contribution in [2.24, 2.45) is 0 Å². The molecule has 0 bridgehead atoms. The molecule has 156 valence electrons. The number of ether oxygens (including phenoxy) is 2. The first-order valence-corrected chi connectivity index (χ1v) is 10.4. The number of anilines is 1. The van der Waals surface area contributed by atoms with E-state index in [1.165, 1.54) is 27.3 Å². The average molecular weight is 419 g/mol. The molecule has 0 unspecified atom stereocenters. The third kappa shape index (κ3) is 6.07. The fourth-order valence-corrected chi connectivity index (χ4v) is 3.54. The van der Waals surface area contributed by atoms with Crippen LogP contribution in [-0.2, 0) is 21.2 Å². The largest absolute Gasteiger partial charge is 0.496 e. The SMILES string of the molecule is C=CCOc1ccc(NC(=O)CCc2cc(S(=O)(=O)N(C)C)ccc2OC)cc1. The van der Waals surface area contributed by atoms with E-state index < -0.39 is 10.0 Å². The molecular weight excluding hydrogens is 392 g/mol. The Balaban J connectivity index is 2.04. The summed E-state index contributed by atoms with van der Waals surface area (Å²) >= 11 is 0. The van der Waals surface area contributed by atoms with Crippen LogP contribution in [0.4, 0.5) is 5.69 Å². The Bertz CT molecular complexity index is 954. The molecule has 0 aromatic heterocycles. The monoisotopic (exact) mass is 418 g/mol. The number of rotatable bonds is 10. The molecule has 2 rings (SSSR count). The molecule has 0 saturated carbocycles. The van der Waals surface area contributed by atoms with E-state index in [4.69, 9.17) is 9.47 Å². The summed E-state index contributed by atoms with van der Waals surface area (Å²) in [4.78, 5) is 12.5. The topological polar surface area (TPSA) is 84.9 Å². The number of sulfonamides is 1. The summed E-state index contributed by atoms with van der Waals surface area (Å²) in [5.41, 5.74) is 1.30. The number of carbonyl (C=O) groups is 1. The molecule has 0 aliphatic heterocycles. The van der Waals surface area contributed by atoms with Crippen LogP contribution in [0.2, 0.25) is 0 Å². The zero-order chi connectivity index (χ0) is 21.4. The van der Waals surface area contributed by atoms with Gasteiger partial charge in [0.15, 0.2) is 0 Å². The maximum absolute atomic E-state index is 12.3. The van der Waals surface area contributed by atoms with Crippen LogP contribution in [0.15, 0.2) is 60.0 Å². The van der Waals surface area contributed by atoms with Crippen LogP contribution in [0.25, 0.3) is 0 Å². The van der Waals surface area contributed by atoms with E-state index in [1.54, 1.807) is 42.5 Å². The normalized spacial score (nSPS) is 11.2. The van der Waals surface area contributed by atoms with Gasteiger partial charge in [-0.1, -0.05) is 12.7 Å². The van der Waals surface area contributed by atoms with Crippen molar-refractivity contribution in [2.45, 2.75) is 17.7 Å². The standard InChI is InChI=1S/C21H26N2O5S/c1-5-14-28-18-9-7-17(8-10-18)22-21(24)13-6-16-15-19(11-12-20(16)27-4)29(25,26)23(2)3/h5,7-12,15H,1,6,13-14H2,2-4H3,(H,22,24). The number of carbonyl (C=O) groups excluding carboxylic acids is 1. The van der Waals surface area contributed by atoms with E-state index in [2.05, 4.69) is 11.9 Å². The molecule has 0 heterocycles. The van der Waals surface area contributed by atoms with Crippen molar-refractivity contribution in [3.63, 3.8) is 0 Å². The van der Waals surface area contributed by atoms with E-state index in [0.717, 1.165) is 4.31 Å². The molecule has 0 atom stereocenters. The third-order valence-electron chi connectivity index (χ3n) is 4.16. The highest BCUT2D eigenvalue weighted by Crippen LogP contribution is 2.25. The number of hydrogen-bond donors (Lipinski definition) is 1. The summed E-state index contributed by atoms with van der Waals surface area (Å²) in [6, 6.07) is 11.7. The molecule has 2 aromatic carbocycles. The fraction of sp³-hybridized carbons (Fsp3) is 0.286. The minimum absolute atomic E-state index is 0.161. The molecule has 0 fully saturated rings. The van der Waals surface area contributed by atoms with Crippen LogP contribution in [-0.4, -0.2) is 46.4 Å². The number of nitrogens with one attached hydrogen (secondary N) is 1. The molecule has 8 heteroatoms. The van der Waals surface area contributed by atoms with Crippen LogP contribution in [0.5, 0.6) is 11.5 Å². The predicted octanol–water partition coefficient (Wildman–Crippen LogP) is 3.08. The second-order valence-electron chi connectivity index (χ2n) is 6.43. The Morgan fingerprint density at radius 2 is 1.86 bits per heavy atom. The Labute approximate surface area is 172 Å². The van der Waals surface area contributed by atoms with Crippen LogP contribution < -0.4 is 14.8 Å². The van der Waals surface area contributed by atoms with E-state index >= 15 is 0 Å². The van der Waals surface area contributed by atoms with Gasteiger partial charge in [-0.2, -0.15) is 0 Å². The van der Waals surface area contributed by atoms with Crippen molar-refractivity contribution in [3.05, 3.63) is 60.7 Å². The number of amides is 1. The van der Waals surface area contributed by atoms with E-state index in [0.29, 0.717) is 35.8 Å². The summed E-state index contributed by atoms with van der Waals surface area (Å²) in [6.45, 7) is 4.00. The second-order valence-corrected chi connectivity index (χ2v) is 8.59. The van der Waals surface area contributed by atoms with Crippen LogP contribution in [0.3, 0.4) is 0 Å². The maximum Gasteiger partial charge on any atom is 0.242 e. The lowest BCUT2D eigenvalue weighted by molar-refractivity contribution is -0.116. The molecule has 0 aliphatic rings. The van der Waals surface area contributed by atoms with Gasteiger partial charge in [0.2, 0.25) is 15.9 Å². The first kappa shape index (κ1) is 22.4. The zero-order valence-corrected chi connectivity index (χ0v) is 17.7. The smallest absolute Gasteiger partial charge is 0.242 e. The summed E-state index contributed by atoms with van der Waals surface area (Å²) in [5.74, 6) is 1.04. The van der Waals surface area contributed by atoms with Gasteiger partial charge in [0.1, 0.15) is 18.1 Å². The summed E-state index contributed by atoms with van der Waals surface area (Å²) in [5, 5.41) is 2.81. The Morgan fingerprint density at radius 1 is 1.17 bits per heavy atom. The average Bonchev–Trinajstić information content (AvgIpc) is 2.71. The number of nitrogens with zero attached hydrogens (tertiary/aromatic N) is 1. The van der Waals surface area contributed by atoms with Gasteiger partial charge in [0, 0.05) is 26.2 Å². The lowest BCUT2D eigenvalue weighted by Gasteiger charge is -2.14.